The van der Waals surface area contributed by atoms with Gasteiger partial charge in [-0.15, -0.1) is 0 Å². The largest absolute Gasteiger partial charge is 0.497 e. The Balaban J connectivity index is 2.04. The number of methoxy groups -OCH3 is 1. The van der Waals surface area contributed by atoms with E-state index in [0.29, 0.717) is 12.6 Å². The summed E-state index contributed by atoms with van der Waals surface area (Å²) in [5.41, 5.74) is 6.79. The molecule has 2 N–H and O–H groups in total. The third kappa shape index (κ3) is 3.16. The third-order valence-electron chi connectivity index (χ3n) is 3.74. The van der Waals surface area contributed by atoms with E-state index in [1.165, 1.54) is 12.8 Å². The minimum absolute atomic E-state index is 0.347. The van der Waals surface area contributed by atoms with Crippen molar-refractivity contribution in [2.75, 3.05) is 7.11 Å². The van der Waals surface area contributed by atoms with Crippen molar-refractivity contribution in [1.82, 2.24) is 0 Å². The maximum atomic E-state index is 6.09. The predicted octanol–water partition coefficient (Wildman–Crippen LogP) is 3.11. The summed E-state index contributed by atoms with van der Waals surface area (Å²) in [6.45, 7) is 2.80. The van der Waals surface area contributed by atoms with Gasteiger partial charge in [-0.3, -0.25) is 0 Å². The average molecular weight is 249 g/mol. The summed E-state index contributed by atoms with van der Waals surface area (Å²) >= 11 is 0. The van der Waals surface area contributed by atoms with Gasteiger partial charge in [-0.1, -0.05) is 6.92 Å². The molecule has 2 rings (SSSR count). The maximum Gasteiger partial charge on any atom is 0.124 e. The molecule has 0 amide bonds. The SMILES string of the molecule is COc1ccc(OC2CCC(C)CC2)c(CN)c1. The van der Waals surface area contributed by atoms with Crippen molar-refractivity contribution in [3.8, 4) is 11.5 Å². The second-order valence-electron chi connectivity index (χ2n) is 5.18. The Bertz CT molecular complexity index is 384. The molecule has 3 nitrogen and oxygen atoms in total. The predicted molar refractivity (Wildman–Crippen MR) is 72.9 cm³/mol. The minimum Gasteiger partial charge on any atom is -0.497 e. The Labute approximate surface area is 109 Å². The highest BCUT2D eigenvalue weighted by atomic mass is 16.5. The van der Waals surface area contributed by atoms with E-state index in [9.17, 15) is 0 Å². The highest BCUT2D eigenvalue weighted by Gasteiger charge is 2.20. The number of hydrogen-bond donors (Lipinski definition) is 1. The van der Waals surface area contributed by atoms with Crippen LogP contribution in [0.2, 0.25) is 0 Å². The zero-order valence-electron chi connectivity index (χ0n) is 11.3. The van der Waals surface area contributed by atoms with Gasteiger partial charge in [0, 0.05) is 12.1 Å². The van der Waals surface area contributed by atoms with E-state index < -0.39 is 0 Å². The minimum atomic E-state index is 0.347. The van der Waals surface area contributed by atoms with Crippen molar-refractivity contribution in [1.29, 1.82) is 0 Å². The van der Waals surface area contributed by atoms with Crippen LogP contribution in [-0.2, 0) is 6.54 Å². The van der Waals surface area contributed by atoms with Gasteiger partial charge >= 0.3 is 0 Å². The fourth-order valence-electron chi connectivity index (χ4n) is 2.48. The van der Waals surface area contributed by atoms with E-state index in [1.807, 2.05) is 18.2 Å². The molecule has 0 unspecified atom stereocenters. The standard InChI is InChI=1S/C15H23NO2/c1-11-3-5-13(6-4-11)18-15-8-7-14(17-2)9-12(15)10-16/h7-9,11,13H,3-6,10,16H2,1-2H3. The Hall–Kier alpha value is -1.22. The highest BCUT2D eigenvalue weighted by molar-refractivity contribution is 5.40. The lowest BCUT2D eigenvalue weighted by Gasteiger charge is -2.27. The second kappa shape index (κ2) is 6.10. The number of benzene rings is 1. The molecule has 0 saturated heterocycles. The molecule has 18 heavy (non-hydrogen) atoms. The van der Waals surface area contributed by atoms with E-state index in [-0.39, 0.29) is 0 Å². The normalized spacial score (nSPS) is 23.7. The molecular weight excluding hydrogens is 226 g/mol. The summed E-state index contributed by atoms with van der Waals surface area (Å²) in [6.07, 6.45) is 5.17. The number of rotatable bonds is 4. The van der Waals surface area contributed by atoms with Gasteiger partial charge in [-0.05, 0) is 49.8 Å². The van der Waals surface area contributed by atoms with Crippen molar-refractivity contribution in [3.63, 3.8) is 0 Å². The first-order chi connectivity index (χ1) is 8.72. The second-order valence-corrected chi connectivity index (χ2v) is 5.18. The summed E-state index contributed by atoms with van der Waals surface area (Å²) in [5, 5.41) is 0. The molecule has 0 heterocycles. The van der Waals surface area contributed by atoms with Crippen LogP contribution in [-0.4, -0.2) is 13.2 Å². The first kappa shape index (κ1) is 13.2. The van der Waals surface area contributed by atoms with Crippen LogP contribution in [0.15, 0.2) is 18.2 Å². The summed E-state index contributed by atoms with van der Waals surface area (Å²) in [5.74, 6) is 2.59. The molecular formula is C15H23NO2. The maximum absolute atomic E-state index is 6.09. The summed E-state index contributed by atoms with van der Waals surface area (Å²) in [7, 11) is 1.67. The molecule has 0 spiro atoms. The first-order valence-corrected chi connectivity index (χ1v) is 6.76. The van der Waals surface area contributed by atoms with Crippen molar-refractivity contribution in [3.05, 3.63) is 23.8 Å². The quantitative estimate of drug-likeness (QED) is 0.891. The van der Waals surface area contributed by atoms with Crippen LogP contribution >= 0.6 is 0 Å². The molecule has 0 atom stereocenters. The van der Waals surface area contributed by atoms with Gasteiger partial charge in [0.05, 0.1) is 13.2 Å². The fourth-order valence-corrected chi connectivity index (χ4v) is 2.48. The van der Waals surface area contributed by atoms with Crippen molar-refractivity contribution in [2.45, 2.75) is 45.3 Å². The van der Waals surface area contributed by atoms with E-state index in [1.54, 1.807) is 7.11 Å². The van der Waals surface area contributed by atoms with Gasteiger partial charge in [-0.2, -0.15) is 0 Å². The summed E-state index contributed by atoms with van der Waals surface area (Å²) in [4.78, 5) is 0. The molecule has 0 aromatic heterocycles. The molecule has 1 aliphatic rings. The van der Waals surface area contributed by atoms with Gasteiger partial charge in [0.1, 0.15) is 11.5 Å². The van der Waals surface area contributed by atoms with Crippen LogP contribution in [0, 0.1) is 5.92 Å². The zero-order chi connectivity index (χ0) is 13.0. The average Bonchev–Trinajstić information content (AvgIpc) is 2.41. The molecule has 3 heteroatoms. The molecule has 1 aliphatic carbocycles. The Morgan fingerprint density at radius 3 is 2.56 bits per heavy atom. The Morgan fingerprint density at radius 1 is 1.22 bits per heavy atom. The van der Waals surface area contributed by atoms with Crippen molar-refractivity contribution >= 4 is 0 Å². The molecule has 100 valence electrons. The molecule has 1 saturated carbocycles. The van der Waals surface area contributed by atoms with Crippen LogP contribution in [0.1, 0.15) is 38.2 Å². The van der Waals surface area contributed by atoms with Crippen LogP contribution in [0.4, 0.5) is 0 Å². The molecule has 0 bridgehead atoms. The van der Waals surface area contributed by atoms with Gasteiger partial charge in [0.25, 0.3) is 0 Å². The van der Waals surface area contributed by atoms with Crippen molar-refractivity contribution in [2.24, 2.45) is 11.7 Å². The van der Waals surface area contributed by atoms with Crippen LogP contribution in [0.5, 0.6) is 11.5 Å². The zero-order valence-corrected chi connectivity index (χ0v) is 11.3. The number of hydrogen-bond acceptors (Lipinski definition) is 3. The fraction of sp³-hybridized carbons (Fsp3) is 0.600. The van der Waals surface area contributed by atoms with E-state index in [0.717, 1.165) is 35.8 Å². The highest BCUT2D eigenvalue weighted by Crippen LogP contribution is 2.30. The molecule has 0 aliphatic heterocycles. The molecule has 1 aromatic carbocycles. The lowest BCUT2D eigenvalue weighted by molar-refractivity contribution is 0.134. The Morgan fingerprint density at radius 2 is 1.94 bits per heavy atom. The lowest BCUT2D eigenvalue weighted by Crippen LogP contribution is -2.23. The smallest absolute Gasteiger partial charge is 0.124 e. The van der Waals surface area contributed by atoms with E-state index >= 15 is 0 Å². The van der Waals surface area contributed by atoms with Gasteiger partial charge in [-0.25, -0.2) is 0 Å². The topological polar surface area (TPSA) is 44.5 Å². The lowest BCUT2D eigenvalue weighted by atomic mass is 9.89. The van der Waals surface area contributed by atoms with Gasteiger partial charge in [0.15, 0.2) is 0 Å². The third-order valence-corrected chi connectivity index (χ3v) is 3.74. The molecule has 1 fully saturated rings. The van der Waals surface area contributed by atoms with Crippen LogP contribution in [0.3, 0.4) is 0 Å². The molecule has 0 radical (unpaired) electrons. The monoisotopic (exact) mass is 249 g/mol. The van der Waals surface area contributed by atoms with Crippen LogP contribution < -0.4 is 15.2 Å². The number of ether oxygens (including phenoxy) is 2. The van der Waals surface area contributed by atoms with Crippen molar-refractivity contribution < 1.29 is 9.47 Å². The van der Waals surface area contributed by atoms with E-state index in [4.69, 9.17) is 15.2 Å². The van der Waals surface area contributed by atoms with Gasteiger partial charge in [0.2, 0.25) is 0 Å². The van der Waals surface area contributed by atoms with E-state index in [2.05, 4.69) is 6.92 Å². The van der Waals surface area contributed by atoms with Crippen LogP contribution in [0.25, 0.3) is 0 Å². The first-order valence-electron chi connectivity index (χ1n) is 6.76. The Kier molecular flexibility index (Phi) is 4.48. The van der Waals surface area contributed by atoms with Gasteiger partial charge < -0.3 is 15.2 Å². The summed E-state index contributed by atoms with van der Waals surface area (Å²) in [6, 6.07) is 5.86. The number of nitrogens with two attached hydrogens (primary N) is 1. The molecule has 1 aromatic rings. The summed E-state index contributed by atoms with van der Waals surface area (Å²) < 4.78 is 11.3.